The first-order valence-corrected chi connectivity index (χ1v) is 4.63. The number of anilines is 1. The Morgan fingerprint density at radius 2 is 2.07 bits per heavy atom. The summed E-state index contributed by atoms with van der Waals surface area (Å²) in [6.07, 6.45) is 0. The Morgan fingerprint density at radius 1 is 1.50 bits per heavy atom. The van der Waals surface area contributed by atoms with E-state index in [9.17, 15) is 9.90 Å². The van der Waals surface area contributed by atoms with Gasteiger partial charge < -0.3 is 10.8 Å². The fourth-order valence-corrected chi connectivity index (χ4v) is 1.35. The summed E-state index contributed by atoms with van der Waals surface area (Å²) in [6, 6.07) is 2.84. The Kier molecular flexibility index (Phi) is 3.01. The molecule has 0 amide bonds. The highest BCUT2D eigenvalue weighted by atomic mass is 35.5. The zero-order chi connectivity index (χ0) is 10.9. The Balaban J connectivity index is 3.27. The van der Waals surface area contributed by atoms with Gasteiger partial charge >= 0.3 is 0 Å². The van der Waals surface area contributed by atoms with Gasteiger partial charge in [0, 0.05) is 11.6 Å². The average Bonchev–Trinajstić information content (AvgIpc) is 2.09. The molecular weight excluding hydrogens is 202 g/mol. The molecule has 0 radical (unpaired) electrons. The Bertz CT molecular complexity index is 375. The molecule has 3 N–H and O–H groups in total. The van der Waals surface area contributed by atoms with Gasteiger partial charge in [0.2, 0.25) is 0 Å². The molecule has 0 spiro atoms. The van der Waals surface area contributed by atoms with Gasteiger partial charge in [0.05, 0.1) is 10.6 Å². The first-order valence-electron chi connectivity index (χ1n) is 4.25. The van der Waals surface area contributed by atoms with Crippen molar-refractivity contribution in [2.75, 3.05) is 5.73 Å². The van der Waals surface area contributed by atoms with E-state index < -0.39 is 0 Å². The minimum atomic E-state index is -0.196. The number of benzene rings is 1. The molecule has 4 heteroatoms. The quantitative estimate of drug-likeness (QED) is 0.451. The molecule has 0 fully saturated rings. The van der Waals surface area contributed by atoms with E-state index in [-0.39, 0.29) is 28.0 Å². The SMILES string of the molecule is CC(C)C(=O)c1cc(N)cc(Cl)c1O. The van der Waals surface area contributed by atoms with E-state index in [4.69, 9.17) is 17.3 Å². The van der Waals surface area contributed by atoms with Crippen LogP contribution in [0.5, 0.6) is 5.75 Å². The molecule has 0 unspecified atom stereocenters. The molecule has 0 saturated heterocycles. The number of carbonyl (C=O) groups excluding carboxylic acids is 1. The van der Waals surface area contributed by atoms with Crippen molar-refractivity contribution >= 4 is 23.1 Å². The Labute approximate surface area is 87.5 Å². The van der Waals surface area contributed by atoms with Crippen molar-refractivity contribution in [3.8, 4) is 5.75 Å². The smallest absolute Gasteiger partial charge is 0.169 e. The molecule has 1 aromatic carbocycles. The summed E-state index contributed by atoms with van der Waals surface area (Å²) in [4.78, 5) is 11.6. The van der Waals surface area contributed by atoms with Crippen LogP contribution in [-0.4, -0.2) is 10.9 Å². The van der Waals surface area contributed by atoms with Crippen LogP contribution in [0, 0.1) is 5.92 Å². The molecule has 0 atom stereocenters. The molecule has 0 aliphatic rings. The summed E-state index contributed by atoms with van der Waals surface area (Å²) in [5.41, 5.74) is 6.08. The first kappa shape index (κ1) is 10.9. The Hall–Kier alpha value is -1.22. The molecule has 0 aliphatic carbocycles. The maximum absolute atomic E-state index is 11.6. The third kappa shape index (κ3) is 1.99. The minimum absolute atomic E-state index is 0.106. The van der Waals surface area contributed by atoms with Gasteiger partial charge in [-0.1, -0.05) is 25.4 Å². The maximum atomic E-state index is 11.6. The van der Waals surface area contributed by atoms with Crippen LogP contribution in [0.3, 0.4) is 0 Å². The van der Waals surface area contributed by atoms with Gasteiger partial charge in [0.15, 0.2) is 5.78 Å². The maximum Gasteiger partial charge on any atom is 0.169 e. The number of halogens is 1. The largest absolute Gasteiger partial charge is 0.506 e. The molecule has 76 valence electrons. The average molecular weight is 214 g/mol. The number of phenols is 1. The highest BCUT2D eigenvalue weighted by Gasteiger charge is 2.17. The van der Waals surface area contributed by atoms with Crippen molar-refractivity contribution in [1.82, 2.24) is 0 Å². The van der Waals surface area contributed by atoms with Crippen molar-refractivity contribution < 1.29 is 9.90 Å². The lowest BCUT2D eigenvalue weighted by atomic mass is 10.00. The predicted octanol–water partition coefficient (Wildman–Crippen LogP) is 2.47. The van der Waals surface area contributed by atoms with Crippen LogP contribution in [0.25, 0.3) is 0 Å². The van der Waals surface area contributed by atoms with E-state index in [0.29, 0.717) is 5.69 Å². The third-order valence-electron chi connectivity index (χ3n) is 1.88. The number of aromatic hydroxyl groups is 1. The molecule has 0 aliphatic heterocycles. The third-order valence-corrected chi connectivity index (χ3v) is 2.16. The summed E-state index contributed by atoms with van der Waals surface area (Å²) < 4.78 is 0. The fraction of sp³-hybridized carbons (Fsp3) is 0.300. The van der Waals surface area contributed by atoms with Gasteiger partial charge in [-0.3, -0.25) is 4.79 Å². The van der Waals surface area contributed by atoms with Crippen molar-refractivity contribution in [2.24, 2.45) is 5.92 Å². The number of carbonyl (C=O) groups is 1. The van der Waals surface area contributed by atoms with Crippen LogP contribution in [0.4, 0.5) is 5.69 Å². The summed E-state index contributed by atoms with van der Waals surface area (Å²) in [5, 5.41) is 9.64. The summed E-state index contributed by atoms with van der Waals surface area (Å²) in [5.74, 6) is -0.560. The number of Topliss-reactive ketones (excluding diaryl/α,β-unsaturated/α-hetero) is 1. The van der Waals surface area contributed by atoms with E-state index in [1.807, 2.05) is 0 Å². The molecule has 0 bridgehead atoms. The van der Waals surface area contributed by atoms with Gasteiger partial charge in [-0.25, -0.2) is 0 Å². The number of hydrogen-bond donors (Lipinski definition) is 2. The molecule has 1 aromatic rings. The molecule has 1 rings (SSSR count). The number of nitrogens with two attached hydrogens (primary N) is 1. The zero-order valence-electron chi connectivity index (χ0n) is 8.04. The molecule has 0 aromatic heterocycles. The minimum Gasteiger partial charge on any atom is -0.506 e. The van der Waals surface area contributed by atoms with Crippen molar-refractivity contribution in [1.29, 1.82) is 0 Å². The van der Waals surface area contributed by atoms with Crippen LogP contribution >= 0.6 is 11.6 Å². The van der Waals surface area contributed by atoms with Gasteiger partial charge in [0.1, 0.15) is 5.75 Å². The lowest BCUT2D eigenvalue weighted by molar-refractivity contribution is 0.0937. The van der Waals surface area contributed by atoms with Gasteiger partial charge in [-0.2, -0.15) is 0 Å². The number of phenolic OH excluding ortho intramolecular Hbond substituents is 1. The van der Waals surface area contributed by atoms with Crippen molar-refractivity contribution in [3.63, 3.8) is 0 Å². The van der Waals surface area contributed by atoms with Crippen LogP contribution < -0.4 is 5.73 Å². The summed E-state index contributed by atoms with van der Waals surface area (Å²) in [6.45, 7) is 3.50. The lowest BCUT2D eigenvalue weighted by Crippen LogP contribution is -2.08. The lowest BCUT2D eigenvalue weighted by Gasteiger charge is -2.08. The molecule has 0 heterocycles. The van der Waals surface area contributed by atoms with Crippen LogP contribution in [0.2, 0.25) is 5.02 Å². The second-order valence-electron chi connectivity index (χ2n) is 3.42. The fourth-order valence-electron chi connectivity index (χ4n) is 1.12. The highest BCUT2D eigenvalue weighted by molar-refractivity contribution is 6.33. The number of nitrogen functional groups attached to an aromatic ring is 1. The monoisotopic (exact) mass is 213 g/mol. The van der Waals surface area contributed by atoms with Gasteiger partial charge in [0.25, 0.3) is 0 Å². The van der Waals surface area contributed by atoms with Crippen molar-refractivity contribution in [2.45, 2.75) is 13.8 Å². The highest BCUT2D eigenvalue weighted by Crippen LogP contribution is 2.31. The van der Waals surface area contributed by atoms with E-state index in [0.717, 1.165) is 0 Å². The van der Waals surface area contributed by atoms with Crippen molar-refractivity contribution in [3.05, 3.63) is 22.7 Å². The standard InChI is InChI=1S/C10H12ClNO2/c1-5(2)9(13)7-3-6(12)4-8(11)10(7)14/h3-5,14H,12H2,1-2H3. The number of hydrogen-bond acceptors (Lipinski definition) is 3. The summed E-state index contributed by atoms with van der Waals surface area (Å²) in [7, 11) is 0. The van der Waals surface area contributed by atoms with E-state index in [2.05, 4.69) is 0 Å². The van der Waals surface area contributed by atoms with E-state index in [1.165, 1.54) is 12.1 Å². The zero-order valence-corrected chi connectivity index (χ0v) is 8.80. The molecule has 0 saturated carbocycles. The predicted molar refractivity (Wildman–Crippen MR) is 56.7 cm³/mol. The Morgan fingerprint density at radius 3 is 2.57 bits per heavy atom. The molecular formula is C10H12ClNO2. The molecule has 3 nitrogen and oxygen atoms in total. The van der Waals surface area contributed by atoms with Gasteiger partial charge in [-0.15, -0.1) is 0 Å². The van der Waals surface area contributed by atoms with Crippen LogP contribution in [-0.2, 0) is 0 Å². The van der Waals surface area contributed by atoms with Crippen LogP contribution in [0.15, 0.2) is 12.1 Å². The van der Waals surface area contributed by atoms with Crippen LogP contribution in [0.1, 0.15) is 24.2 Å². The topological polar surface area (TPSA) is 63.3 Å². The normalized spacial score (nSPS) is 10.6. The first-order chi connectivity index (χ1) is 6.43. The second-order valence-corrected chi connectivity index (χ2v) is 3.83. The molecule has 14 heavy (non-hydrogen) atoms. The number of ketones is 1. The van der Waals surface area contributed by atoms with E-state index in [1.54, 1.807) is 13.8 Å². The summed E-state index contributed by atoms with van der Waals surface area (Å²) >= 11 is 5.69. The van der Waals surface area contributed by atoms with E-state index >= 15 is 0 Å². The van der Waals surface area contributed by atoms with Gasteiger partial charge in [-0.05, 0) is 12.1 Å². The number of rotatable bonds is 2. The second kappa shape index (κ2) is 3.88.